The average molecular weight is 467 g/mol. The molecule has 27 heavy (non-hydrogen) atoms. The van der Waals surface area contributed by atoms with Crippen LogP contribution in [-0.2, 0) is 4.79 Å². The van der Waals surface area contributed by atoms with Gasteiger partial charge in [0.25, 0.3) is 5.91 Å². The Balaban J connectivity index is 1.91. The molecule has 134 valence electrons. The Morgan fingerprint density at radius 2 is 1.78 bits per heavy atom. The van der Waals surface area contributed by atoms with Gasteiger partial charge in [0.15, 0.2) is 0 Å². The van der Waals surface area contributed by atoms with Crippen LogP contribution in [0.25, 0.3) is 11.8 Å². The van der Waals surface area contributed by atoms with Crippen molar-refractivity contribution in [2.24, 2.45) is 0 Å². The molecule has 0 unspecified atom stereocenters. The quantitative estimate of drug-likeness (QED) is 0.324. The second-order valence-electron chi connectivity index (χ2n) is 6.13. The monoisotopic (exact) mass is 467 g/mol. The molecular weight excluding hydrogens is 449 g/mol. The second-order valence-corrected chi connectivity index (χ2v) is 7.37. The Bertz CT molecular complexity index is 1040. The van der Waals surface area contributed by atoms with Crippen LogP contribution in [-0.4, -0.2) is 10.5 Å². The Morgan fingerprint density at radius 3 is 2.41 bits per heavy atom. The van der Waals surface area contributed by atoms with E-state index < -0.39 is 5.91 Å². The Hall–Kier alpha value is -2.85. The van der Waals surface area contributed by atoms with Crippen molar-refractivity contribution in [3.05, 3.63) is 86.8 Å². The Kier molecular flexibility index (Phi) is 5.77. The highest BCUT2D eigenvalue weighted by Gasteiger charge is 2.14. The standard InChI is InChI=1S/C22H18IN3O/c1-15-12-17(16(2)26(15)21-6-4-3-5-7-21)13-18(14-24)22(27)25-20-10-8-19(23)9-11-20/h3-13H,1-2H3,(H,25,27)/b18-13+. The van der Waals surface area contributed by atoms with Gasteiger partial charge < -0.3 is 9.88 Å². The topological polar surface area (TPSA) is 57.8 Å². The first-order valence-corrected chi connectivity index (χ1v) is 9.50. The van der Waals surface area contributed by atoms with E-state index in [2.05, 4.69) is 32.5 Å². The van der Waals surface area contributed by atoms with Crippen LogP contribution in [0.15, 0.2) is 66.2 Å². The van der Waals surface area contributed by atoms with Crippen LogP contribution in [0.4, 0.5) is 5.69 Å². The average Bonchev–Trinajstić information content (AvgIpc) is 2.95. The number of aryl methyl sites for hydroxylation is 1. The lowest BCUT2D eigenvalue weighted by Gasteiger charge is -2.09. The molecule has 0 radical (unpaired) electrons. The third kappa shape index (κ3) is 4.29. The van der Waals surface area contributed by atoms with E-state index in [1.165, 1.54) is 0 Å². The van der Waals surface area contributed by atoms with E-state index in [1.807, 2.05) is 80.6 Å². The summed E-state index contributed by atoms with van der Waals surface area (Å²) in [5.74, 6) is -0.414. The predicted molar refractivity (Wildman–Crippen MR) is 117 cm³/mol. The van der Waals surface area contributed by atoms with Crippen LogP contribution in [0, 0.1) is 28.7 Å². The lowest BCUT2D eigenvalue weighted by atomic mass is 10.1. The zero-order chi connectivity index (χ0) is 19.4. The fourth-order valence-electron chi connectivity index (χ4n) is 2.94. The van der Waals surface area contributed by atoms with Gasteiger partial charge in [0.05, 0.1) is 0 Å². The molecular formula is C22H18IN3O. The number of carbonyl (C=O) groups excluding carboxylic acids is 1. The summed E-state index contributed by atoms with van der Waals surface area (Å²) >= 11 is 2.20. The van der Waals surface area contributed by atoms with Crippen LogP contribution < -0.4 is 5.32 Å². The molecule has 0 saturated heterocycles. The first kappa shape index (κ1) is 18.9. The number of nitrogens with zero attached hydrogens (tertiary/aromatic N) is 2. The number of nitriles is 1. The van der Waals surface area contributed by atoms with Crippen molar-refractivity contribution in [2.45, 2.75) is 13.8 Å². The molecule has 1 amide bonds. The van der Waals surface area contributed by atoms with E-state index in [-0.39, 0.29) is 5.57 Å². The SMILES string of the molecule is Cc1cc(/C=C(\C#N)C(=O)Nc2ccc(I)cc2)c(C)n1-c1ccccc1. The molecule has 1 heterocycles. The summed E-state index contributed by atoms with van der Waals surface area (Å²) in [5.41, 5.74) is 4.66. The first-order valence-electron chi connectivity index (χ1n) is 8.42. The number of hydrogen-bond donors (Lipinski definition) is 1. The molecule has 0 saturated carbocycles. The molecule has 0 aliphatic carbocycles. The maximum atomic E-state index is 12.5. The molecule has 2 aromatic carbocycles. The van der Waals surface area contributed by atoms with Crippen molar-refractivity contribution in [1.29, 1.82) is 5.26 Å². The van der Waals surface area contributed by atoms with Gasteiger partial charge >= 0.3 is 0 Å². The predicted octanol–water partition coefficient (Wildman–Crippen LogP) is 5.24. The van der Waals surface area contributed by atoms with Crippen molar-refractivity contribution in [3.8, 4) is 11.8 Å². The van der Waals surface area contributed by atoms with Crippen molar-refractivity contribution in [2.75, 3.05) is 5.32 Å². The summed E-state index contributed by atoms with van der Waals surface area (Å²) in [6, 6.07) is 21.4. The molecule has 1 N–H and O–H groups in total. The van der Waals surface area contributed by atoms with Crippen molar-refractivity contribution in [3.63, 3.8) is 0 Å². The van der Waals surface area contributed by atoms with Crippen molar-refractivity contribution in [1.82, 2.24) is 4.57 Å². The maximum Gasteiger partial charge on any atom is 0.266 e. The number of nitrogens with one attached hydrogen (secondary N) is 1. The molecule has 0 fully saturated rings. The number of aromatic nitrogens is 1. The molecule has 0 bridgehead atoms. The van der Waals surface area contributed by atoms with E-state index >= 15 is 0 Å². The summed E-state index contributed by atoms with van der Waals surface area (Å²) in [5, 5.41) is 12.2. The third-order valence-electron chi connectivity index (χ3n) is 4.25. The molecule has 0 aliphatic rings. The van der Waals surface area contributed by atoms with E-state index in [4.69, 9.17) is 0 Å². The number of benzene rings is 2. The van der Waals surface area contributed by atoms with Crippen LogP contribution in [0.3, 0.4) is 0 Å². The summed E-state index contributed by atoms with van der Waals surface area (Å²) < 4.78 is 3.19. The molecule has 3 aromatic rings. The molecule has 3 rings (SSSR count). The lowest BCUT2D eigenvalue weighted by Crippen LogP contribution is -2.13. The minimum Gasteiger partial charge on any atom is -0.321 e. The molecule has 0 spiro atoms. The molecule has 1 aromatic heterocycles. The van der Waals surface area contributed by atoms with Gasteiger partial charge in [-0.05, 0) is 90.5 Å². The van der Waals surface area contributed by atoms with Crippen LogP contribution in [0.1, 0.15) is 17.0 Å². The zero-order valence-corrected chi connectivity index (χ0v) is 17.2. The molecule has 0 aliphatic heterocycles. The molecule has 4 nitrogen and oxygen atoms in total. The van der Waals surface area contributed by atoms with E-state index in [0.29, 0.717) is 5.69 Å². The lowest BCUT2D eigenvalue weighted by molar-refractivity contribution is -0.112. The smallest absolute Gasteiger partial charge is 0.266 e. The van der Waals surface area contributed by atoms with Crippen LogP contribution in [0.5, 0.6) is 0 Å². The van der Waals surface area contributed by atoms with Crippen molar-refractivity contribution >= 4 is 40.3 Å². The van der Waals surface area contributed by atoms with Gasteiger partial charge in [-0.1, -0.05) is 18.2 Å². The van der Waals surface area contributed by atoms with E-state index in [1.54, 1.807) is 6.08 Å². The second kappa shape index (κ2) is 8.23. The van der Waals surface area contributed by atoms with Gasteiger partial charge in [0.2, 0.25) is 0 Å². The van der Waals surface area contributed by atoms with Gasteiger partial charge in [-0.3, -0.25) is 4.79 Å². The highest BCUT2D eigenvalue weighted by Crippen LogP contribution is 2.23. The summed E-state index contributed by atoms with van der Waals surface area (Å²) in [6.45, 7) is 3.99. The fraction of sp³-hybridized carbons (Fsp3) is 0.0909. The highest BCUT2D eigenvalue weighted by atomic mass is 127. The number of para-hydroxylation sites is 1. The normalized spacial score (nSPS) is 11.1. The van der Waals surface area contributed by atoms with Gasteiger partial charge in [-0.25, -0.2) is 0 Å². The van der Waals surface area contributed by atoms with Gasteiger partial charge in [-0.2, -0.15) is 5.26 Å². The molecule has 0 atom stereocenters. The number of carbonyl (C=O) groups is 1. The number of hydrogen-bond acceptors (Lipinski definition) is 2. The minimum absolute atomic E-state index is 0.0712. The van der Waals surface area contributed by atoms with Crippen molar-refractivity contribution < 1.29 is 4.79 Å². The van der Waals surface area contributed by atoms with Gasteiger partial charge in [-0.15, -0.1) is 0 Å². The summed E-state index contributed by atoms with van der Waals surface area (Å²) in [6.07, 6.45) is 1.64. The van der Waals surface area contributed by atoms with Gasteiger partial charge in [0, 0.05) is 26.3 Å². The zero-order valence-electron chi connectivity index (χ0n) is 15.0. The highest BCUT2D eigenvalue weighted by molar-refractivity contribution is 14.1. The first-order chi connectivity index (χ1) is 13.0. The maximum absolute atomic E-state index is 12.5. The van der Waals surface area contributed by atoms with Gasteiger partial charge in [0.1, 0.15) is 11.6 Å². The number of halogens is 1. The summed E-state index contributed by atoms with van der Waals surface area (Å²) in [4.78, 5) is 12.5. The minimum atomic E-state index is -0.414. The van der Waals surface area contributed by atoms with E-state index in [9.17, 15) is 10.1 Å². The Labute approximate surface area is 172 Å². The summed E-state index contributed by atoms with van der Waals surface area (Å²) in [7, 11) is 0. The Morgan fingerprint density at radius 1 is 1.11 bits per heavy atom. The third-order valence-corrected chi connectivity index (χ3v) is 4.97. The van der Waals surface area contributed by atoms with Crippen LogP contribution in [0.2, 0.25) is 0 Å². The molecule has 5 heteroatoms. The fourth-order valence-corrected chi connectivity index (χ4v) is 3.30. The number of rotatable bonds is 4. The largest absolute Gasteiger partial charge is 0.321 e. The number of amides is 1. The van der Waals surface area contributed by atoms with Crippen LogP contribution >= 0.6 is 22.6 Å². The van der Waals surface area contributed by atoms with E-state index in [0.717, 1.165) is 26.2 Å². The number of anilines is 1.